The van der Waals surface area contributed by atoms with E-state index in [1.807, 2.05) is 20.1 Å². The lowest BCUT2D eigenvalue weighted by molar-refractivity contribution is 0.137. The van der Waals surface area contributed by atoms with Crippen LogP contribution in [0.4, 0.5) is 0 Å². The number of unbranched alkanes of at least 4 members (excludes halogenated alkanes) is 9. The van der Waals surface area contributed by atoms with Crippen LogP contribution in [-0.2, 0) is 11.2 Å². The van der Waals surface area contributed by atoms with Crippen LogP contribution >= 0.6 is 0 Å². The molecule has 0 aliphatic rings. The molecule has 0 saturated heterocycles. The minimum absolute atomic E-state index is 0.557. The van der Waals surface area contributed by atoms with Crippen LogP contribution in [0.15, 0.2) is 84.3 Å². The quantitative estimate of drug-likeness (QED) is 0.0613. The Hall–Kier alpha value is -3.58. The molecule has 1 atom stereocenters. The number of rotatable bonds is 20. The maximum absolute atomic E-state index is 9.47. The monoisotopic (exact) mass is 715 g/mol. The van der Waals surface area contributed by atoms with Crippen molar-refractivity contribution < 1.29 is 9.84 Å². The van der Waals surface area contributed by atoms with Gasteiger partial charge in [-0.15, -0.1) is 0 Å². The number of benzene rings is 2. The molecule has 6 heteroatoms. The van der Waals surface area contributed by atoms with E-state index in [1.165, 1.54) is 85.6 Å². The van der Waals surface area contributed by atoms with Gasteiger partial charge in [0.2, 0.25) is 0 Å². The van der Waals surface area contributed by atoms with Gasteiger partial charge in [0.25, 0.3) is 0 Å². The van der Waals surface area contributed by atoms with Gasteiger partial charge in [-0.3, -0.25) is 9.98 Å². The number of ether oxygens (including phenoxy) is 1. The minimum Gasteiger partial charge on any atom is -0.404 e. The summed E-state index contributed by atoms with van der Waals surface area (Å²) in [5.74, 6) is 0. The molecule has 3 rings (SSSR count). The van der Waals surface area contributed by atoms with E-state index >= 15 is 0 Å². The molecule has 0 spiro atoms. The number of aliphatic hydroxyl groups excluding tert-OH is 1. The number of allylic oxidation sites excluding steroid dienone is 1. The first-order valence-corrected chi connectivity index (χ1v) is 19.7. The lowest BCUT2D eigenvalue weighted by atomic mass is 10.0. The largest absolute Gasteiger partial charge is 0.404 e. The second kappa shape index (κ2) is 32.1. The first kappa shape index (κ1) is 48.4. The van der Waals surface area contributed by atoms with E-state index in [4.69, 9.17) is 16.2 Å². The molecule has 1 heterocycles. The summed E-state index contributed by atoms with van der Waals surface area (Å²) in [6.45, 7) is 23.2. The van der Waals surface area contributed by atoms with Crippen LogP contribution in [0.2, 0.25) is 0 Å². The van der Waals surface area contributed by atoms with Gasteiger partial charge in [-0.25, -0.2) is 0 Å². The van der Waals surface area contributed by atoms with Crippen LogP contribution in [0.1, 0.15) is 137 Å². The number of aryl methyl sites for hydroxylation is 5. The van der Waals surface area contributed by atoms with Crippen LogP contribution in [0.25, 0.3) is 5.57 Å². The summed E-state index contributed by atoms with van der Waals surface area (Å²) in [6, 6.07) is 16.5. The smallest absolute Gasteiger partial charge is 0.0996 e. The Labute approximate surface area is 318 Å². The molecule has 0 fully saturated rings. The predicted octanol–water partition coefficient (Wildman–Crippen LogP) is 11.1. The van der Waals surface area contributed by atoms with E-state index in [9.17, 15) is 5.11 Å². The highest BCUT2D eigenvalue weighted by molar-refractivity contribution is 6.09. The number of aliphatic hydroxyl groups is 1. The number of aliphatic imine (C=N–C) groups is 1. The minimum atomic E-state index is -0.557. The van der Waals surface area contributed by atoms with Crippen molar-refractivity contribution in [1.29, 1.82) is 0 Å². The van der Waals surface area contributed by atoms with Gasteiger partial charge in [0.15, 0.2) is 0 Å². The average molecular weight is 715 g/mol. The topological polar surface area (TPSA) is 107 Å². The molecular weight excluding hydrogens is 641 g/mol. The summed E-state index contributed by atoms with van der Waals surface area (Å²) < 4.78 is 5.70. The molecule has 0 amide bonds. The number of aromatic nitrogens is 1. The summed E-state index contributed by atoms with van der Waals surface area (Å²) in [7, 11) is 0. The molecule has 290 valence electrons. The van der Waals surface area contributed by atoms with Gasteiger partial charge in [0.05, 0.1) is 19.3 Å². The lowest BCUT2D eigenvalue weighted by Crippen LogP contribution is -2.01. The van der Waals surface area contributed by atoms with Crippen molar-refractivity contribution in [3.8, 4) is 0 Å². The second-order valence-electron chi connectivity index (χ2n) is 13.2. The predicted molar refractivity (Wildman–Crippen MR) is 228 cm³/mol. The van der Waals surface area contributed by atoms with Crippen LogP contribution < -0.4 is 11.5 Å². The normalized spacial score (nSPS) is 11.5. The Balaban J connectivity index is 0.000000912. The summed E-state index contributed by atoms with van der Waals surface area (Å²) in [5, 5.41) is 9.47. The first-order chi connectivity index (χ1) is 25.1. The molecule has 0 aliphatic carbocycles. The van der Waals surface area contributed by atoms with Crippen molar-refractivity contribution in [3.05, 3.63) is 118 Å². The molecule has 3 aromatic rings. The maximum Gasteiger partial charge on any atom is 0.0996 e. The van der Waals surface area contributed by atoms with Crippen molar-refractivity contribution in [2.45, 2.75) is 132 Å². The van der Waals surface area contributed by atoms with Gasteiger partial charge < -0.3 is 21.3 Å². The Bertz CT molecular complexity index is 1380. The molecule has 0 aliphatic heterocycles. The molecule has 0 saturated carbocycles. The first-order valence-electron chi connectivity index (χ1n) is 19.7. The van der Waals surface area contributed by atoms with E-state index in [1.54, 1.807) is 37.7 Å². The summed E-state index contributed by atoms with van der Waals surface area (Å²) in [4.78, 5) is 8.31. The van der Waals surface area contributed by atoms with Crippen LogP contribution in [0.5, 0.6) is 0 Å². The van der Waals surface area contributed by atoms with Crippen molar-refractivity contribution in [2.24, 2.45) is 16.5 Å². The van der Waals surface area contributed by atoms with Gasteiger partial charge in [-0.05, 0) is 112 Å². The Morgan fingerprint density at radius 2 is 1.38 bits per heavy atom. The standard InChI is InChI=1S/C25H43N3O.C10H14.C9H11NO.C2H6/c1-22-13-14-24(19-23(22)2)25(20-27)21-28-16-18-29-17-12-10-8-6-4-3-5-7-9-11-15-26;1-4-10-7-8(2)5-6-9(10)3;1-7(2)9(11)8-3-5-10-6-4-8;1-2/h13-14,19-21H,3-12,15-18,26-27H2,1-2H3;5-7H,4H2,1-3H3;3-6,9,11H,1H2,2H3;1-2H3/b25-20+,28-21?;;;. The highest BCUT2D eigenvalue weighted by Gasteiger charge is 2.06. The molecule has 6 nitrogen and oxygen atoms in total. The Morgan fingerprint density at radius 1 is 0.808 bits per heavy atom. The van der Waals surface area contributed by atoms with Crippen molar-refractivity contribution in [2.75, 3.05) is 26.3 Å². The fourth-order valence-electron chi connectivity index (χ4n) is 5.29. The Morgan fingerprint density at radius 3 is 1.90 bits per heavy atom. The molecule has 5 N–H and O–H groups in total. The molecule has 1 aromatic heterocycles. The van der Waals surface area contributed by atoms with Crippen molar-refractivity contribution in [1.82, 2.24) is 4.98 Å². The third kappa shape index (κ3) is 23.1. The average Bonchev–Trinajstić information content (AvgIpc) is 3.16. The lowest BCUT2D eigenvalue weighted by Gasteiger charge is -2.08. The van der Waals surface area contributed by atoms with E-state index in [-0.39, 0.29) is 0 Å². The second-order valence-corrected chi connectivity index (χ2v) is 13.2. The highest BCUT2D eigenvalue weighted by atomic mass is 16.5. The third-order valence-electron chi connectivity index (χ3n) is 8.73. The van der Waals surface area contributed by atoms with Gasteiger partial charge in [0, 0.05) is 37.0 Å². The SMILES string of the molecule is C=C(C)C(O)c1ccncc1.CC.CCc1cc(C)ccc1C.Cc1ccc(/C(C=NCCOCCCCCCCCCCCCN)=C/N)cc1C. The number of hydrogen-bond acceptors (Lipinski definition) is 6. The zero-order chi connectivity index (χ0) is 39.0. The number of pyridine rings is 1. The molecular formula is C46H74N4O2. The summed E-state index contributed by atoms with van der Waals surface area (Å²) >= 11 is 0. The van der Waals surface area contributed by atoms with E-state index in [0.29, 0.717) is 13.2 Å². The molecule has 2 aromatic carbocycles. The van der Waals surface area contributed by atoms with Gasteiger partial charge in [-0.1, -0.05) is 121 Å². The fraction of sp³-hybridized carbons (Fsp3) is 0.522. The van der Waals surface area contributed by atoms with Gasteiger partial charge in [-0.2, -0.15) is 0 Å². The number of hydrogen-bond donors (Lipinski definition) is 3. The number of nitrogens with two attached hydrogens (primary N) is 2. The van der Waals surface area contributed by atoms with E-state index < -0.39 is 6.10 Å². The van der Waals surface area contributed by atoms with E-state index in [0.717, 1.165) is 48.3 Å². The molecule has 0 bridgehead atoms. The Kier molecular flexibility index (Phi) is 29.9. The zero-order valence-electron chi connectivity index (χ0n) is 34.2. The summed E-state index contributed by atoms with van der Waals surface area (Å²) in [6.07, 6.45) is 20.4. The van der Waals surface area contributed by atoms with Crippen LogP contribution in [0.3, 0.4) is 0 Å². The van der Waals surface area contributed by atoms with E-state index in [2.05, 4.69) is 87.6 Å². The van der Waals surface area contributed by atoms with Crippen LogP contribution in [0, 0.1) is 27.7 Å². The van der Waals surface area contributed by atoms with Crippen LogP contribution in [-0.4, -0.2) is 42.6 Å². The maximum atomic E-state index is 9.47. The van der Waals surface area contributed by atoms with Crippen molar-refractivity contribution >= 4 is 11.8 Å². The zero-order valence-corrected chi connectivity index (χ0v) is 34.2. The summed E-state index contributed by atoms with van der Waals surface area (Å²) in [5.41, 5.74) is 21.7. The van der Waals surface area contributed by atoms with Crippen molar-refractivity contribution in [3.63, 3.8) is 0 Å². The number of nitrogens with zero attached hydrogens (tertiary/aromatic N) is 2. The van der Waals surface area contributed by atoms with Gasteiger partial charge in [0.1, 0.15) is 0 Å². The molecule has 1 unspecified atom stereocenters. The molecule has 0 radical (unpaired) electrons. The van der Waals surface area contributed by atoms with Gasteiger partial charge >= 0.3 is 0 Å². The fourth-order valence-corrected chi connectivity index (χ4v) is 5.29. The highest BCUT2D eigenvalue weighted by Crippen LogP contribution is 2.18. The third-order valence-corrected chi connectivity index (χ3v) is 8.73. The molecule has 52 heavy (non-hydrogen) atoms.